The van der Waals surface area contributed by atoms with Crippen molar-refractivity contribution in [2.24, 2.45) is 0 Å². The molecular weight excluding hydrogens is 310 g/mol. The lowest BCUT2D eigenvalue weighted by atomic mass is 10.3. The second-order valence-corrected chi connectivity index (χ2v) is 5.69. The van der Waals surface area contributed by atoms with Crippen molar-refractivity contribution in [1.82, 2.24) is 5.16 Å². The Morgan fingerprint density at radius 2 is 2.12 bits per heavy atom. The van der Waals surface area contributed by atoms with Crippen molar-refractivity contribution in [2.45, 2.75) is 4.90 Å². The van der Waals surface area contributed by atoms with Crippen molar-refractivity contribution < 1.29 is 12.9 Å². The van der Waals surface area contributed by atoms with E-state index in [1.54, 1.807) is 12.1 Å². The first kappa shape index (κ1) is 11.9. The highest BCUT2D eigenvalue weighted by molar-refractivity contribution is 9.10. The molecular formula is C9H8BrN3O3S. The molecule has 0 spiro atoms. The van der Waals surface area contributed by atoms with Gasteiger partial charge in [0.05, 0.1) is 0 Å². The van der Waals surface area contributed by atoms with E-state index < -0.39 is 10.0 Å². The van der Waals surface area contributed by atoms with Gasteiger partial charge in [-0.25, -0.2) is 8.42 Å². The lowest BCUT2D eigenvalue weighted by Gasteiger charge is -2.07. The van der Waals surface area contributed by atoms with Crippen LogP contribution in [0.2, 0.25) is 0 Å². The Labute approximate surface area is 106 Å². The molecule has 1 aromatic heterocycles. The molecule has 8 heteroatoms. The summed E-state index contributed by atoms with van der Waals surface area (Å²) in [5.74, 6) is 0.110. The molecule has 0 atom stereocenters. The molecule has 2 rings (SSSR count). The average molecular weight is 318 g/mol. The van der Waals surface area contributed by atoms with Crippen LogP contribution in [-0.2, 0) is 10.0 Å². The number of nitrogens with zero attached hydrogens (tertiary/aromatic N) is 1. The van der Waals surface area contributed by atoms with Gasteiger partial charge in [-0.15, -0.1) is 0 Å². The number of nitrogens with two attached hydrogens (primary N) is 1. The molecule has 0 fully saturated rings. The molecule has 0 aliphatic carbocycles. The summed E-state index contributed by atoms with van der Waals surface area (Å²) in [7, 11) is -3.74. The summed E-state index contributed by atoms with van der Waals surface area (Å²) in [6.45, 7) is 0. The van der Waals surface area contributed by atoms with Crippen molar-refractivity contribution >= 4 is 37.5 Å². The standard InChI is InChI=1S/C9H8BrN3O3S/c10-7-2-1-6(11)5-8(7)17(14,15)13-9-3-4-16-12-9/h1-5H,11H2,(H,12,13). The van der Waals surface area contributed by atoms with Crippen molar-refractivity contribution in [1.29, 1.82) is 0 Å². The van der Waals surface area contributed by atoms with Crippen LogP contribution in [0.15, 0.2) is 44.4 Å². The van der Waals surface area contributed by atoms with Crippen LogP contribution >= 0.6 is 15.9 Å². The highest BCUT2D eigenvalue weighted by Crippen LogP contribution is 2.25. The van der Waals surface area contributed by atoms with E-state index >= 15 is 0 Å². The number of hydrogen-bond acceptors (Lipinski definition) is 5. The molecule has 0 aliphatic heterocycles. The third-order valence-corrected chi connectivity index (χ3v) is 4.27. The van der Waals surface area contributed by atoms with Gasteiger partial charge in [0, 0.05) is 16.2 Å². The maximum Gasteiger partial charge on any atom is 0.264 e. The number of sulfonamides is 1. The van der Waals surface area contributed by atoms with Gasteiger partial charge in [0.1, 0.15) is 11.2 Å². The minimum absolute atomic E-state index is 0.0421. The van der Waals surface area contributed by atoms with E-state index in [0.717, 1.165) is 0 Å². The Bertz CT molecular complexity index is 625. The number of nitrogens with one attached hydrogen (secondary N) is 1. The number of aromatic nitrogens is 1. The first-order chi connectivity index (χ1) is 7.99. The van der Waals surface area contributed by atoms with E-state index in [-0.39, 0.29) is 10.7 Å². The molecule has 0 bridgehead atoms. The molecule has 0 unspecified atom stereocenters. The largest absolute Gasteiger partial charge is 0.399 e. The van der Waals surface area contributed by atoms with Gasteiger partial charge in [0.25, 0.3) is 10.0 Å². The molecule has 90 valence electrons. The summed E-state index contributed by atoms with van der Waals surface area (Å²) in [6, 6.07) is 5.91. The van der Waals surface area contributed by atoms with E-state index in [1.165, 1.54) is 18.4 Å². The Balaban J connectivity index is 2.41. The molecule has 0 saturated heterocycles. The molecule has 6 nitrogen and oxygen atoms in total. The summed E-state index contributed by atoms with van der Waals surface area (Å²) in [5.41, 5.74) is 5.91. The van der Waals surface area contributed by atoms with Gasteiger partial charge in [-0.05, 0) is 34.1 Å². The number of anilines is 2. The Hall–Kier alpha value is -1.54. The predicted octanol–water partition coefficient (Wildman–Crippen LogP) is 1.82. The Morgan fingerprint density at radius 3 is 2.76 bits per heavy atom. The van der Waals surface area contributed by atoms with Crippen LogP contribution in [0.25, 0.3) is 0 Å². The fraction of sp³-hybridized carbons (Fsp3) is 0. The fourth-order valence-corrected chi connectivity index (χ4v) is 3.18. The van der Waals surface area contributed by atoms with Crippen LogP contribution in [0.4, 0.5) is 11.5 Å². The van der Waals surface area contributed by atoms with E-state index in [2.05, 4.69) is 30.3 Å². The van der Waals surface area contributed by atoms with E-state index in [9.17, 15) is 8.42 Å². The van der Waals surface area contributed by atoms with Crippen LogP contribution in [0, 0.1) is 0 Å². The molecule has 0 radical (unpaired) electrons. The monoisotopic (exact) mass is 317 g/mol. The summed E-state index contributed by atoms with van der Waals surface area (Å²) < 4.78 is 31.2. The van der Waals surface area contributed by atoms with Crippen LogP contribution < -0.4 is 10.5 Å². The van der Waals surface area contributed by atoms with Gasteiger partial charge in [-0.3, -0.25) is 4.72 Å². The van der Waals surface area contributed by atoms with E-state index in [0.29, 0.717) is 10.2 Å². The van der Waals surface area contributed by atoms with Gasteiger partial charge in [0.15, 0.2) is 5.82 Å². The third kappa shape index (κ3) is 2.59. The van der Waals surface area contributed by atoms with Gasteiger partial charge < -0.3 is 10.3 Å². The zero-order chi connectivity index (χ0) is 12.5. The Morgan fingerprint density at radius 1 is 1.35 bits per heavy atom. The highest BCUT2D eigenvalue weighted by atomic mass is 79.9. The molecule has 17 heavy (non-hydrogen) atoms. The number of nitrogen functional groups attached to an aromatic ring is 1. The average Bonchev–Trinajstić information content (AvgIpc) is 2.73. The summed E-state index contributed by atoms with van der Waals surface area (Å²) in [6.07, 6.45) is 1.27. The van der Waals surface area contributed by atoms with Crippen molar-refractivity contribution in [3.63, 3.8) is 0 Å². The lowest BCUT2D eigenvalue weighted by Crippen LogP contribution is -2.14. The maximum absolute atomic E-state index is 12.0. The normalized spacial score (nSPS) is 11.4. The van der Waals surface area contributed by atoms with Crippen LogP contribution in [0.5, 0.6) is 0 Å². The number of hydrogen-bond donors (Lipinski definition) is 2. The minimum Gasteiger partial charge on any atom is -0.399 e. The van der Waals surface area contributed by atoms with E-state index in [1.807, 2.05) is 0 Å². The smallest absolute Gasteiger partial charge is 0.264 e. The SMILES string of the molecule is Nc1ccc(Br)c(S(=O)(=O)Nc2ccon2)c1. The highest BCUT2D eigenvalue weighted by Gasteiger charge is 2.19. The summed E-state index contributed by atoms with van der Waals surface area (Å²) in [4.78, 5) is 0.0421. The molecule has 1 heterocycles. The van der Waals surface area contributed by atoms with Crippen LogP contribution in [0.1, 0.15) is 0 Å². The van der Waals surface area contributed by atoms with Gasteiger partial charge >= 0.3 is 0 Å². The van der Waals surface area contributed by atoms with Crippen LogP contribution in [0.3, 0.4) is 0 Å². The van der Waals surface area contributed by atoms with Gasteiger partial charge in [-0.1, -0.05) is 5.16 Å². The number of rotatable bonds is 3. The summed E-state index contributed by atoms with van der Waals surface area (Å²) in [5, 5.41) is 3.47. The van der Waals surface area contributed by atoms with Gasteiger partial charge in [0.2, 0.25) is 0 Å². The predicted molar refractivity (Wildman–Crippen MR) is 65.9 cm³/mol. The first-order valence-electron chi connectivity index (χ1n) is 4.47. The molecule has 0 aliphatic rings. The Kier molecular flexibility index (Phi) is 3.07. The zero-order valence-electron chi connectivity index (χ0n) is 8.42. The van der Waals surface area contributed by atoms with Gasteiger partial charge in [-0.2, -0.15) is 0 Å². The second-order valence-electron chi connectivity index (χ2n) is 3.18. The quantitative estimate of drug-likeness (QED) is 0.841. The number of benzene rings is 1. The summed E-state index contributed by atoms with van der Waals surface area (Å²) >= 11 is 3.15. The molecule has 0 saturated carbocycles. The first-order valence-corrected chi connectivity index (χ1v) is 6.75. The van der Waals surface area contributed by atoms with Crippen LogP contribution in [-0.4, -0.2) is 13.6 Å². The molecule has 3 N–H and O–H groups in total. The molecule has 0 amide bonds. The van der Waals surface area contributed by atoms with E-state index in [4.69, 9.17) is 5.73 Å². The molecule has 1 aromatic carbocycles. The molecule has 2 aromatic rings. The third-order valence-electron chi connectivity index (χ3n) is 1.92. The zero-order valence-corrected chi connectivity index (χ0v) is 10.8. The van der Waals surface area contributed by atoms with Crippen molar-refractivity contribution in [2.75, 3.05) is 10.5 Å². The van der Waals surface area contributed by atoms with Crippen molar-refractivity contribution in [3.8, 4) is 0 Å². The number of halogens is 1. The second kappa shape index (κ2) is 4.38. The van der Waals surface area contributed by atoms with Crippen molar-refractivity contribution in [3.05, 3.63) is 35.0 Å². The maximum atomic E-state index is 12.0. The fourth-order valence-electron chi connectivity index (χ4n) is 1.18. The lowest BCUT2D eigenvalue weighted by molar-refractivity contribution is 0.423. The topological polar surface area (TPSA) is 98.2 Å². The minimum atomic E-state index is -3.74.